The molecule has 2 N–H and O–H groups in total. The molecule has 1 atom stereocenters. The van der Waals surface area contributed by atoms with Gasteiger partial charge in [-0.2, -0.15) is 0 Å². The van der Waals surface area contributed by atoms with Crippen molar-refractivity contribution in [2.45, 2.75) is 19.3 Å². The van der Waals surface area contributed by atoms with Crippen LogP contribution in [0, 0.1) is 0 Å². The minimum atomic E-state index is 0.199. The van der Waals surface area contributed by atoms with Gasteiger partial charge < -0.3 is 15.2 Å². The maximum Gasteiger partial charge on any atom is 0.127 e. The third-order valence-corrected chi connectivity index (χ3v) is 4.30. The van der Waals surface area contributed by atoms with Gasteiger partial charge in [0.2, 0.25) is 0 Å². The van der Waals surface area contributed by atoms with Crippen molar-refractivity contribution in [3.05, 3.63) is 90.0 Å². The Balaban J connectivity index is 1.78. The second-order valence-electron chi connectivity index (χ2n) is 6.17. The van der Waals surface area contributed by atoms with E-state index in [1.54, 1.807) is 0 Å². The highest BCUT2D eigenvalue weighted by molar-refractivity contribution is 5.39. The molecule has 26 heavy (non-hydrogen) atoms. The number of benzene rings is 3. The summed E-state index contributed by atoms with van der Waals surface area (Å²) in [6, 6.07) is 26.2. The lowest BCUT2D eigenvalue weighted by Crippen LogP contribution is -2.16. The maximum atomic E-state index is 6.09. The van der Waals surface area contributed by atoms with E-state index in [-0.39, 0.29) is 5.92 Å². The first-order chi connectivity index (χ1) is 12.8. The summed E-state index contributed by atoms with van der Waals surface area (Å²) in [5, 5.41) is 0. The lowest BCUT2D eigenvalue weighted by molar-refractivity contribution is 0.334. The largest absolute Gasteiger partial charge is 0.494 e. The quantitative estimate of drug-likeness (QED) is 0.612. The zero-order chi connectivity index (χ0) is 18.2. The highest BCUT2D eigenvalue weighted by Crippen LogP contribution is 2.30. The maximum absolute atomic E-state index is 6.09. The molecule has 0 spiro atoms. The number of hydrogen-bond donors (Lipinski definition) is 1. The summed E-state index contributed by atoms with van der Waals surface area (Å²) in [5.74, 6) is 2.79. The molecule has 0 heterocycles. The SMILES string of the molecule is CCOc1ccccc1C(CN)Cc1cccc(Oc2ccccc2)c1. The Morgan fingerprint density at radius 1 is 0.846 bits per heavy atom. The van der Waals surface area contributed by atoms with Crippen molar-refractivity contribution in [3.63, 3.8) is 0 Å². The molecule has 1 unspecified atom stereocenters. The molecule has 0 radical (unpaired) electrons. The van der Waals surface area contributed by atoms with E-state index in [1.165, 1.54) is 5.56 Å². The first kappa shape index (κ1) is 18.0. The molecule has 3 aromatic carbocycles. The number of para-hydroxylation sites is 2. The van der Waals surface area contributed by atoms with Crippen LogP contribution in [-0.2, 0) is 6.42 Å². The van der Waals surface area contributed by atoms with Crippen molar-refractivity contribution >= 4 is 0 Å². The first-order valence-electron chi connectivity index (χ1n) is 9.03. The molecule has 3 rings (SSSR count). The van der Waals surface area contributed by atoms with Crippen LogP contribution < -0.4 is 15.2 Å². The summed E-state index contributed by atoms with van der Waals surface area (Å²) in [5.41, 5.74) is 8.45. The van der Waals surface area contributed by atoms with Gasteiger partial charge in [0, 0.05) is 5.92 Å². The molecule has 0 aliphatic carbocycles. The van der Waals surface area contributed by atoms with Crippen LogP contribution >= 0.6 is 0 Å². The van der Waals surface area contributed by atoms with Gasteiger partial charge >= 0.3 is 0 Å². The molecular weight excluding hydrogens is 322 g/mol. The zero-order valence-electron chi connectivity index (χ0n) is 15.1. The van der Waals surface area contributed by atoms with E-state index >= 15 is 0 Å². The van der Waals surface area contributed by atoms with Crippen molar-refractivity contribution in [1.29, 1.82) is 0 Å². The topological polar surface area (TPSA) is 44.5 Å². The van der Waals surface area contributed by atoms with Gasteiger partial charge in [-0.1, -0.05) is 48.5 Å². The molecule has 0 saturated carbocycles. The van der Waals surface area contributed by atoms with Crippen molar-refractivity contribution in [2.24, 2.45) is 5.73 Å². The van der Waals surface area contributed by atoms with Crippen molar-refractivity contribution < 1.29 is 9.47 Å². The first-order valence-corrected chi connectivity index (χ1v) is 9.03. The zero-order valence-corrected chi connectivity index (χ0v) is 15.1. The Morgan fingerprint density at radius 3 is 2.35 bits per heavy atom. The van der Waals surface area contributed by atoms with Crippen LogP contribution in [-0.4, -0.2) is 13.2 Å². The normalized spacial score (nSPS) is 11.8. The molecule has 0 aliphatic heterocycles. The van der Waals surface area contributed by atoms with Crippen LogP contribution in [0.25, 0.3) is 0 Å². The number of ether oxygens (including phenoxy) is 2. The summed E-state index contributed by atoms with van der Waals surface area (Å²) in [6.45, 7) is 3.21. The van der Waals surface area contributed by atoms with E-state index in [0.29, 0.717) is 13.2 Å². The second-order valence-corrected chi connectivity index (χ2v) is 6.17. The lowest BCUT2D eigenvalue weighted by atomic mass is 9.91. The smallest absolute Gasteiger partial charge is 0.127 e. The monoisotopic (exact) mass is 347 g/mol. The van der Waals surface area contributed by atoms with E-state index in [9.17, 15) is 0 Å². The predicted molar refractivity (Wildman–Crippen MR) is 106 cm³/mol. The van der Waals surface area contributed by atoms with Gasteiger partial charge in [0.1, 0.15) is 17.2 Å². The standard InChI is InChI=1S/C23H25NO2/c1-2-25-23-14-7-6-13-22(23)19(17-24)15-18-9-8-12-21(16-18)26-20-10-4-3-5-11-20/h3-14,16,19H,2,15,17,24H2,1H3. The summed E-state index contributed by atoms with van der Waals surface area (Å²) in [7, 11) is 0. The fraction of sp³-hybridized carbons (Fsp3) is 0.217. The van der Waals surface area contributed by atoms with Crippen LogP contribution in [0.1, 0.15) is 24.0 Å². The summed E-state index contributed by atoms with van der Waals surface area (Å²) < 4.78 is 11.7. The minimum absolute atomic E-state index is 0.199. The Bertz CT molecular complexity index is 817. The molecule has 0 aromatic heterocycles. The Kier molecular flexibility index (Phi) is 6.29. The fourth-order valence-electron chi connectivity index (χ4n) is 3.07. The molecule has 0 amide bonds. The molecule has 3 aromatic rings. The minimum Gasteiger partial charge on any atom is -0.494 e. The predicted octanol–water partition coefficient (Wildman–Crippen LogP) is 5.16. The van der Waals surface area contributed by atoms with Crippen molar-refractivity contribution in [3.8, 4) is 17.2 Å². The summed E-state index contributed by atoms with van der Waals surface area (Å²) in [4.78, 5) is 0. The van der Waals surface area contributed by atoms with E-state index in [2.05, 4.69) is 18.2 Å². The molecule has 0 bridgehead atoms. The average molecular weight is 347 g/mol. The Hall–Kier alpha value is -2.78. The molecule has 3 nitrogen and oxygen atoms in total. The van der Waals surface area contributed by atoms with E-state index in [0.717, 1.165) is 29.2 Å². The van der Waals surface area contributed by atoms with Gasteiger partial charge in [0.15, 0.2) is 0 Å². The number of rotatable bonds is 8. The Morgan fingerprint density at radius 2 is 1.58 bits per heavy atom. The van der Waals surface area contributed by atoms with Gasteiger partial charge in [0.25, 0.3) is 0 Å². The van der Waals surface area contributed by atoms with Crippen LogP contribution in [0.2, 0.25) is 0 Å². The summed E-state index contributed by atoms with van der Waals surface area (Å²) in [6.07, 6.45) is 0.840. The Labute approximate surface area is 155 Å². The van der Waals surface area contributed by atoms with Crippen LogP contribution in [0.3, 0.4) is 0 Å². The summed E-state index contributed by atoms with van der Waals surface area (Å²) >= 11 is 0. The highest BCUT2D eigenvalue weighted by Gasteiger charge is 2.15. The lowest BCUT2D eigenvalue weighted by Gasteiger charge is -2.19. The molecule has 134 valence electrons. The molecule has 0 saturated heterocycles. The van der Waals surface area contributed by atoms with Gasteiger partial charge in [-0.05, 0) is 61.3 Å². The molecule has 0 fully saturated rings. The average Bonchev–Trinajstić information content (AvgIpc) is 2.68. The van der Waals surface area contributed by atoms with Crippen LogP contribution in [0.4, 0.5) is 0 Å². The van der Waals surface area contributed by atoms with Gasteiger partial charge in [-0.25, -0.2) is 0 Å². The third-order valence-electron chi connectivity index (χ3n) is 4.30. The highest BCUT2D eigenvalue weighted by atomic mass is 16.5. The molecule has 0 aliphatic rings. The second kappa shape index (κ2) is 9.07. The van der Waals surface area contributed by atoms with Gasteiger partial charge in [0.05, 0.1) is 6.61 Å². The number of hydrogen-bond acceptors (Lipinski definition) is 3. The van der Waals surface area contributed by atoms with E-state index in [4.69, 9.17) is 15.2 Å². The van der Waals surface area contributed by atoms with Crippen molar-refractivity contribution in [1.82, 2.24) is 0 Å². The van der Waals surface area contributed by atoms with Gasteiger partial charge in [-0.3, -0.25) is 0 Å². The van der Waals surface area contributed by atoms with Crippen LogP contribution in [0.15, 0.2) is 78.9 Å². The van der Waals surface area contributed by atoms with E-state index in [1.807, 2.05) is 67.6 Å². The number of nitrogens with two attached hydrogens (primary N) is 1. The fourth-order valence-corrected chi connectivity index (χ4v) is 3.07. The van der Waals surface area contributed by atoms with Crippen molar-refractivity contribution in [2.75, 3.05) is 13.2 Å². The third kappa shape index (κ3) is 4.64. The van der Waals surface area contributed by atoms with Crippen LogP contribution in [0.5, 0.6) is 17.2 Å². The molecule has 3 heteroatoms. The molecular formula is C23H25NO2. The van der Waals surface area contributed by atoms with Gasteiger partial charge in [-0.15, -0.1) is 0 Å². The van der Waals surface area contributed by atoms with E-state index < -0.39 is 0 Å².